The number of methoxy groups -OCH3 is 2. The van der Waals surface area contributed by atoms with E-state index in [1.54, 1.807) is 60.4 Å². The smallest absolute Gasteiger partial charge is 0.260 e. The first-order valence-electron chi connectivity index (χ1n) is 11.8. The summed E-state index contributed by atoms with van der Waals surface area (Å²) >= 11 is 0. The summed E-state index contributed by atoms with van der Waals surface area (Å²) < 4.78 is 12.3. The Hall–Kier alpha value is -4.77. The lowest BCUT2D eigenvalue weighted by atomic mass is 10.1. The molecule has 0 aliphatic rings. The molecule has 38 heavy (non-hydrogen) atoms. The van der Waals surface area contributed by atoms with Crippen molar-refractivity contribution in [2.45, 2.75) is 19.9 Å². The molecule has 0 saturated carbocycles. The first-order valence-corrected chi connectivity index (χ1v) is 11.8. The van der Waals surface area contributed by atoms with Crippen LogP contribution in [-0.4, -0.2) is 52.0 Å². The van der Waals surface area contributed by atoms with Gasteiger partial charge < -0.3 is 25.8 Å². The van der Waals surface area contributed by atoms with E-state index in [0.29, 0.717) is 46.3 Å². The highest BCUT2D eigenvalue weighted by Gasteiger charge is 2.22. The second kappa shape index (κ2) is 11.5. The van der Waals surface area contributed by atoms with Crippen molar-refractivity contribution in [1.29, 1.82) is 0 Å². The summed E-state index contributed by atoms with van der Waals surface area (Å²) in [5.41, 5.74) is 9.33. The zero-order valence-electron chi connectivity index (χ0n) is 21.6. The molecular formula is C27H29N7O4. The normalized spacial score (nSPS) is 12.0. The molecule has 1 atom stereocenters. The minimum absolute atomic E-state index is 0.269. The molecule has 0 radical (unpaired) electrons. The molecule has 4 N–H and O–H groups in total. The fourth-order valence-electron chi connectivity index (χ4n) is 3.92. The van der Waals surface area contributed by atoms with E-state index >= 15 is 0 Å². The van der Waals surface area contributed by atoms with Crippen molar-refractivity contribution in [3.05, 3.63) is 78.0 Å². The van der Waals surface area contributed by atoms with Crippen LogP contribution in [-0.2, 0) is 9.53 Å². The van der Waals surface area contributed by atoms with E-state index < -0.39 is 6.04 Å². The number of carbonyl (C=O) groups is 2. The van der Waals surface area contributed by atoms with Crippen LogP contribution in [0, 0.1) is 6.92 Å². The van der Waals surface area contributed by atoms with E-state index in [2.05, 4.69) is 20.6 Å². The van der Waals surface area contributed by atoms with Crippen LogP contribution in [0.3, 0.4) is 0 Å². The van der Waals surface area contributed by atoms with Gasteiger partial charge in [-0.05, 0) is 37.6 Å². The van der Waals surface area contributed by atoms with E-state index in [1.807, 2.05) is 19.9 Å². The minimum atomic E-state index is -0.452. The Balaban J connectivity index is 1.68. The van der Waals surface area contributed by atoms with Crippen LogP contribution in [0.15, 0.2) is 61.1 Å². The summed E-state index contributed by atoms with van der Waals surface area (Å²) in [6, 6.07) is 8.27. The number of nitrogens with zero attached hydrogens (tertiary/aromatic N) is 4. The minimum Gasteiger partial charge on any atom is -0.496 e. The van der Waals surface area contributed by atoms with Gasteiger partial charge in [0, 0.05) is 37.3 Å². The average Bonchev–Trinajstić information content (AvgIpc) is 3.31. The van der Waals surface area contributed by atoms with Gasteiger partial charge in [-0.2, -0.15) is 0 Å². The van der Waals surface area contributed by atoms with Crippen LogP contribution < -0.4 is 21.1 Å². The predicted octanol–water partition coefficient (Wildman–Crippen LogP) is 3.32. The maximum absolute atomic E-state index is 12.9. The molecule has 2 amide bonds. The fraction of sp³-hybridized carbons (Fsp3) is 0.222. The van der Waals surface area contributed by atoms with Crippen molar-refractivity contribution >= 4 is 29.0 Å². The molecular weight excluding hydrogens is 486 g/mol. The molecule has 4 aromatic rings. The number of rotatable bonds is 9. The summed E-state index contributed by atoms with van der Waals surface area (Å²) in [7, 11) is 3.04. The Labute approximate surface area is 219 Å². The molecule has 0 aliphatic heterocycles. The monoisotopic (exact) mass is 515 g/mol. The van der Waals surface area contributed by atoms with Gasteiger partial charge in [-0.15, -0.1) is 0 Å². The third kappa shape index (κ3) is 5.62. The van der Waals surface area contributed by atoms with E-state index in [9.17, 15) is 9.59 Å². The van der Waals surface area contributed by atoms with Gasteiger partial charge >= 0.3 is 0 Å². The number of imidazole rings is 1. The maximum Gasteiger partial charge on any atom is 0.260 e. The molecule has 3 heterocycles. The van der Waals surface area contributed by atoms with Crippen molar-refractivity contribution in [2.24, 2.45) is 0 Å². The van der Waals surface area contributed by atoms with Crippen LogP contribution >= 0.6 is 0 Å². The Morgan fingerprint density at radius 3 is 2.71 bits per heavy atom. The molecule has 11 nitrogen and oxygen atoms in total. The number of anilines is 2. The lowest BCUT2D eigenvalue weighted by Gasteiger charge is -2.11. The number of hydrogen-bond donors (Lipinski definition) is 3. The summed E-state index contributed by atoms with van der Waals surface area (Å²) in [4.78, 5) is 38.5. The van der Waals surface area contributed by atoms with Crippen LogP contribution in [0.5, 0.6) is 5.75 Å². The zero-order chi connectivity index (χ0) is 27.2. The van der Waals surface area contributed by atoms with Gasteiger partial charge in [0.15, 0.2) is 0 Å². The van der Waals surface area contributed by atoms with Crippen molar-refractivity contribution in [1.82, 2.24) is 24.7 Å². The number of nitrogens with two attached hydrogens (primary N) is 1. The summed E-state index contributed by atoms with van der Waals surface area (Å²) in [6.45, 7) is 4.07. The molecule has 0 unspecified atom stereocenters. The first-order chi connectivity index (χ1) is 18.3. The number of benzene rings is 1. The van der Waals surface area contributed by atoms with Gasteiger partial charge in [-0.3, -0.25) is 14.0 Å². The number of amides is 2. The van der Waals surface area contributed by atoms with Crippen molar-refractivity contribution < 1.29 is 19.1 Å². The van der Waals surface area contributed by atoms with Crippen LogP contribution in [0.4, 0.5) is 11.6 Å². The fourth-order valence-corrected chi connectivity index (χ4v) is 3.92. The van der Waals surface area contributed by atoms with Crippen molar-refractivity contribution in [3.63, 3.8) is 0 Å². The van der Waals surface area contributed by atoms with Gasteiger partial charge in [-0.1, -0.05) is 18.2 Å². The quantitative estimate of drug-likeness (QED) is 0.288. The van der Waals surface area contributed by atoms with Gasteiger partial charge in [0.25, 0.3) is 5.91 Å². The van der Waals surface area contributed by atoms with Gasteiger partial charge in [-0.25, -0.2) is 15.0 Å². The number of nitrogen functional groups attached to an aromatic ring is 1. The number of aryl methyl sites for hydroxylation is 1. The lowest BCUT2D eigenvalue weighted by molar-refractivity contribution is -0.117. The predicted molar refractivity (Wildman–Crippen MR) is 144 cm³/mol. The summed E-state index contributed by atoms with van der Waals surface area (Å²) in [5.74, 6) is 0.967. The largest absolute Gasteiger partial charge is 0.496 e. The number of ether oxygens (including phenoxy) is 2. The molecule has 0 spiro atoms. The number of hydrogen-bond acceptors (Lipinski definition) is 8. The molecule has 4 rings (SSSR count). The highest BCUT2D eigenvalue weighted by Crippen LogP contribution is 2.33. The highest BCUT2D eigenvalue weighted by molar-refractivity contribution is 6.06. The molecule has 1 aromatic carbocycles. The Bertz CT molecular complexity index is 1500. The van der Waals surface area contributed by atoms with Crippen molar-refractivity contribution in [2.75, 3.05) is 31.9 Å². The SMILES string of the molecule is COC/C=C/C(=O)N[C@@H](C)c1nc(-c2ccc(C(=O)Nc3ccc(C)cn3)c(OC)c2)c2c(N)nccn12. The first kappa shape index (κ1) is 26.3. The second-order valence-electron chi connectivity index (χ2n) is 8.53. The molecule has 3 aromatic heterocycles. The molecule has 0 aliphatic carbocycles. The third-order valence-corrected chi connectivity index (χ3v) is 5.76. The topological polar surface area (TPSA) is 146 Å². The second-order valence-corrected chi connectivity index (χ2v) is 8.53. The third-order valence-electron chi connectivity index (χ3n) is 5.76. The molecule has 0 bridgehead atoms. The zero-order valence-corrected chi connectivity index (χ0v) is 21.6. The average molecular weight is 516 g/mol. The van der Waals surface area contributed by atoms with Crippen LogP contribution in [0.1, 0.15) is 34.7 Å². The van der Waals surface area contributed by atoms with Crippen LogP contribution in [0.25, 0.3) is 16.8 Å². The van der Waals surface area contributed by atoms with E-state index in [0.717, 1.165) is 5.56 Å². The van der Waals surface area contributed by atoms with Crippen molar-refractivity contribution in [3.8, 4) is 17.0 Å². The number of nitrogens with one attached hydrogen (secondary N) is 2. The summed E-state index contributed by atoms with van der Waals surface area (Å²) in [6.07, 6.45) is 8.01. The summed E-state index contributed by atoms with van der Waals surface area (Å²) in [5, 5.41) is 5.68. The standard InChI is InChI=1S/C27H29N7O4/c1-16-7-10-21(30-15-16)32-27(36)19-9-8-18(14-20(19)38-4)23-24-25(28)29-11-12-34(24)26(33-23)17(2)31-22(35)6-5-13-37-3/h5-12,14-15,17H,13H2,1-4H3,(H2,28,29)(H,31,35)(H,30,32,36)/b6-5+/t17-/m0/s1. The van der Waals surface area contributed by atoms with Crippen LogP contribution in [0.2, 0.25) is 0 Å². The van der Waals surface area contributed by atoms with E-state index in [1.165, 1.54) is 13.2 Å². The Morgan fingerprint density at radius 2 is 2.00 bits per heavy atom. The number of pyridine rings is 1. The molecule has 196 valence electrons. The number of aromatic nitrogens is 4. The number of fused-ring (bicyclic) bond motifs is 1. The van der Waals surface area contributed by atoms with Gasteiger partial charge in [0.05, 0.1) is 25.3 Å². The lowest BCUT2D eigenvalue weighted by Crippen LogP contribution is -2.26. The van der Waals surface area contributed by atoms with Gasteiger partial charge in [0.2, 0.25) is 5.91 Å². The Kier molecular flexibility index (Phi) is 7.97. The van der Waals surface area contributed by atoms with Gasteiger partial charge in [0.1, 0.15) is 34.4 Å². The molecule has 0 fully saturated rings. The highest BCUT2D eigenvalue weighted by atomic mass is 16.5. The van der Waals surface area contributed by atoms with E-state index in [-0.39, 0.29) is 17.6 Å². The van der Waals surface area contributed by atoms with E-state index in [4.69, 9.17) is 20.2 Å². The number of carbonyl (C=O) groups excluding carboxylic acids is 2. The Morgan fingerprint density at radius 1 is 1.18 bits per heavy atom. The molecule has 0 saturated heterocycles. The maximum atomic E-state index is 12.9. The molecule has 11 heteroatoms.